The van der Waals surface area contributed by atoms with E-state index in [2.05, 4.69) is 40.7 Å². The summed E-state index contributed by atoms with van der Waals surface area (Å²) < 4.78 is 0. The van der Waals surface area contributed by atoms with E-state index in [0.717, 1.165) is 38.2 Å². The summed E-state index contributed by atoms with van der Waals surface area (Å²) in [6.45, 7) is 2.83. The van der Waals surface area contributed by atoms with Crippen molar-refractivity contribution in [3.8, 4) is 0 Å². The number of piperidine rings is 1. The van der Waals surface area contributed by atoms with Crippen LogP contribution in [0.2, 0.25) is 0 Å². The second kappa shape index (κ2) is 8.36. The largest absolute Gasteiger partial charge is 0.326 e. The number of hydrogen-bond donors (Lipinski definition) is 1. The molecule has 0 bridgehead atoms. The highest BCUT2D eigenvalue weighted by atomic mass is 32.2. The maximum Gasteiger partial charge on any atom is 0.228 e. The lowest BCUT2D eigenvalue weighted by atomic mass is 9.96. The van der Waals surface area contributed by atoms with Gasteiger partial charge < -0.3 is 5.32 Å². The second-order valence-corrected chi connectivity index (χ2v) is 7.16. The first-order valence-corrected chi connectivity index (χ1v) is 9.68. The van der Waals surface area contributed by atoms with Gasteiger partial charge in [-0.2, -0.15) is 0 Å². The molecule has 1 aliphatic rings. The van der Waals surface area contributed by atoms with Crippen molar-refractivity contribution in [2.45, 2.75) is 24.3 Å². The average Bonchev–Trinajstić information content (AvgIpc) is 2.63. The number of thioether (sulfide) groups is 1. The van der Waals surface area contributed by atoms with Gasteiger partial charge in [-0.05, 0) is 55.5 Å². The van der Waals surface area contributed by atoms with E-state index in [1.165, 1.54) is 10.5 Å². The minimum atomic E-state index is 0.0719. The van der Waals surface area contributed by atoms with E-state index in [9.17, 15) is 4.79 Å². The third-order valence-corrected chi connectivity index (χ3v) is 5.23. The lowest BCUT2D eigenvalue weighted by Crippen LogP contribution is -2.40. The average molecular weight is 340 g/mol. The van der Waals surface area contributed by atoms with Gasteiger partial charge >= 0.3 is 0 Å². The Labute approximate surface area is 148 Å². The lowest BCUT2D eigenvalue weighted by Gasteiger charge is -2.32. The van der Waals surface area contributed by atoms with Gasteiger partial charge in [-0.25, -0.2) is 0 Å². The van der Waals surface area contributed by atoms with Crippen LogP contribution in [0, 0.1) is 5.92 Å². The molecule has 0 unspecified atom stereocenters. The van der Waals surface area contributed by atoms with Gasteiger partial charge in [0.2, 0.25) is 5.91 Å². The van der Waals surface area contributed by atoms with Crippen LogP contribution in [-0.2, 0) is 11.3 Å². The molecule has 2 aromatic carbocycles. The standard InChI is InChI=1S/C20H24N2OS/c1-24-19-11-9-18(10-12-19)21-20(23)17-8-5-13-22(15-17)14-16-6-3-2-4-7-16/h2-4,6-7,9-12,17H,5,8,13-15H2,1H3,(H,21,23)/t17-/m1/s1. The molecule has 1 saturated heterocycles. The minimum absolute atomic E-state index is 0.0719. The number of carbonyl (C=O) groups excluding carboxylic acids is 1. The molecule has 1 amide bonds. The minimum Gasteiger partial charge on any atom is -0.326 e. The van der Waals surface area contributed by atoms with Crippen LogP contribution in [0.25, 0.3) is 0 Å². The van der Waals surface area contributed by atoms with Gasteiger partial charge in [0.25, 0.3) is 0 Å². The molecule has 2 aromatic rings. The van der Waals surface area contributed by atoms with Crippen molar-refractivity contribution in [3.05, 3.63) is 60.2 Å². The number of benzene rings is 2. The molecule has 0 saturated carbocycles. The first-order chi connectivity index (χ1) is 11.7. The lowest BCUT2D eigenvalue weighted by molar-refractivity contribution is -0.121. The Bertz CT molecular complexity index is 657. The predicted octanol–water partition coefficient (Wildman–Crippen LogP) is 4.26. The highest BCUT2D eigenvalue weighted by molar-refractivity contribution is 7.98. The highest BCUT2D eigenvalue weighted by Gasteiger charge is 2.25. The third-order valence-electron chi connectivity index (χ3n) is 4.48. The monoisotopic (exact) mass is 340 g/mol. The maximum atomic E-state index is 12.6. The molecule has 3 rings (SSSR count). The van der Waals surface area contributed by atoms with E-state index in [1.807, 2.05) is 30.3 Å². The summed E-state index contributed by atoms with van der Waals surface area (Å²) in [5, 5.41) is 3.07. The van der Waals surface area contributed by atoms with Crippen molar-refractivity contribution in [3.63, 3.8) is 0 Å². The predicted molar refractivity (Wildman–Crippen MR) is 101 cm³/mol. The molecule has 24 heavy (non-hydrogen) atoms. The molecule has 4 heteroatoms. The number of rotatable bonds is 5. The third kappa shape index (κ3) is 4.62. The van der Waals surface area contributed by atoms with Gasteiger partial charge in [0.15, 0.2) is 0 Å². The van der Waals surface area contributed by atoms with Gasteiger partial charge in [-0.1, -0.05) is 30.3 Å². The molecule has 1 fully saturated rings. The first kappa shape index (κ1) is 17.1. The van der Waals surface area contributed by atoms with Gasteiger partial charge in [-0.15, -0.1) is 11.8 Å². The van der Waals surface area contributed by atoms with Crippen LogP contribution in [0.3, 0.4) is 0 Å². The number of hydrogen-bond acceptors (Lipinski definition) is 3. The van der Waals surface area contributed by atoms with Crippen molar-refractivity contribution in [1.82, 2.24) is 4.90 Å². The molecule has 1 heterocycles. The summed E-state index contributed by atoms with van der Waals surface area (Å²) >= 11 is 1.71. The Hall–Kier alpha value is -1.78. The Morgan fingerprint density at radius 1 is 1.17 bits per heavy atom. The molecule has 0 aliphatic carbocycles. The van der Waals surface area contributed by atoms with E-state index < -0.39 is 0 Å². The van der Waals surface area contributed by atoms with E-state index in [-0.39, 0.29) is 11.8 Å². The zero-order valence-electron chi connectivity index (χ0n) is 14.1. The summed E-state index contributed by atoms with van der Waals surface area (Å²) in [5.41, 5.74) is 2.20. The van der Waals surface area contributed by atoms with Crippen molar-refractivity contribution in [2.75, 3.05) is 24.7 Å². The number of nitrogens with one attached hydrogen (secondary N) is 1. The molecule has 1 N–H and O–H groups in total. The van der Waals surface area contributed by atoms with Crippen LogP contribution >= 0.6 is 11.8 Å². The summed E-state index contributed by atoms with van der Waals surface area (Å²) in [4.78, 5) is 16.2. The summed E-state index contributed by atoms with van der Waals surface area (Å²) in [7, 11) is 0. The quantitative estimate of drug-likeness (QED) is 0.826. The van der Waals surface area contributed by atoms with Crippen LogP contribution in [0.1, 0.15) is 18.4 Å². The van der Waals surface area contributed by atoms with Gasteiger partial charge in [-0.3, -0.25) is 9.69 Å². The zero-order valence-corrected chi connectivity index (χ0v) is 14.9. The number of nitrogens with zero attached hydrogens (tertiary/aromatic N) is 1. The van der Waals surface area contributed by atoms with Crippen molar-refractivity contribution >= 4 is 23.4 Å². The Morgan fingerprint density at radius 3 is 2.62 bits per heavy atom. The maximum absolute atomic E-state index is 12.6. The number of carbonyl (C=O) groups is 1. The van der Waals surface area contributed by atoms with Crippen LogP contribution in [0.15, 0.2) is 59.5 Å². The normalized spacial score (nSPS) is 18.3. The molecule has 126 valence electrons. The van der Waals surface area contributed by atoms with Gasteiger partial charge in [0.1, 0.15) is 0 Å². The van der Waals surface area contributed by atoms with Gasteiger partial charge in [0, 0.05) is 23.7 Å². The van der Waals surface area contributed by atoms with Crippen LogP contribution in [-0.4, -0.2) is 30.2 Å². The Balaban J connectivity index is 1.56. The zero-order chi connectivity index (χ0) is 16.8. The van der Waals surface area contributed by atoms with Crippen molar-refractivity contribution in [1.29, 1.82) is 0 Å². The molecule has 0 radical (unpaired) electrons. The second-order valence-electron chi connectivity index (χ2n) is 6.28. The Morgan fingerprint density at radius 2 is 1.92 bits per heavy atom. The molecular formula is C20H24N2OS. The fourth-order valence-corrected chi connectivity index (χ4v) is 3.58. The molecule has 1 aliphatic heterocycles. The molecule has 3 nitrogen and oxygen atoms in total. The fraction of sp³-hybridized carbons (Fsp3) is 0.350. The molecule has 0 aromatic heterocycles. The topological polar surface area (TPSA) is 32.3 Å². The smallest absolute Gasteiger partial charge is 0.228 e. The van der Waals surface area contributed by atoms with E-state index >= 15 is 0 Å². The van der Waals surface area contributed by atoms with E-state index in [0.29, 0.717) is 0 Å². The van der Waals surface area contributed by atoms with Crippen LogP contribution in [0.5, 0.6) is 0 Å². The van der Waals surface area contributed by atoms with Crippen molar-refractivity contribution < 1.29 is 4.79 Å². The Kier molecular flexibility index (Phi) is 5.94. The summed E-state index contributed by atoms with van der Waals surface area (Å²) in [5.74, 6) is 0.215. The van der Waals surface area contributed by atoms with Crippen molar-refractivity contribution in [2.24, 2.45) is 5.92 Å². The number of likely N-dealkylation sites (tertiary alicyclic amines) is 1. The fourth-order valence-electron chi connectivity index (χ4n) is 3.17. The molecular weight excluding hydrogens is 316 g/mol. The first-order valence-electron chi connectivity index (χ1n) is 8.46. The number of anilines is 1. The molecule has 1 atom stereocenters. The van der Waals surface area contributed by atoms with Crippen LogP contribution < -0.4 is 5.32 Å². The van der Waals surface area contributed by atoms with Gasteiger partial charge in [0.05, 0.1) is 5.92 Å². The summed E-state index contributed by atoms with van der Waals surface area (Å²) in [6, 6.07) is 18.5. The number of amides is 1. The molecule has 0 spiro atoms. The van der Waals surface area contributed by atoms with Crippen LogP contribution in [0.4, 0.5) is 5.69 Å². The highest BCUT2D eigenvalue weighted by Crippen LogP contribution is 2.22. The van der Waals surface area contributed by atoms with E-state index in [1.54, 1.807) is 11.8 Å². The SMILES string of the molecule is CSc1ccc(NC(=O)[C@@H]2CCCN(Cc3ccccc3)C2)cc1. The summed E-state index contributed by atoms with van der Waals surface area (Å²) in [6.07, 6.45) is 4.10. The van der Waals surface area contributed by atoms with E-state index in [4.69, 9.17) is 0 Å².